The highest BCUT2D eigenvalue weighted by molar-refractivity contribution is 6.30. The first-order valence-electron chi connectivity index (χ1n) is 8.65. The van der Waals surface area contributed by atoms with Gasteiger partial charge in [-0.25, -0.2) is 4.79 Å². The molecule has 1 heterocycles. The minimum Gasteiger partial charge on any atom is -0.497 e. The summed E-state index contributed by atoms with van der Waals surface area (Å²) in [6.45, 7) is 0. The van der Waals surface area contributed by atoms with E-state index < -0.39 is 5.97 Å². The summed E-state index contributed by atoms with van der Waals surface area (Å²) in [5.74, 6) is 0.326. The number of carbonyl (C=O) groups is 2. The van der Waals surface area contributed by atoms with E-state index in [4.69, 9.17) is 25.6 Å². The first-order chi connectivity index (χ1) is 14.0. The molecule has 2 aromatic carbocycles. The van der Waals surface area contributed by atoms with Crippen molar-refractivity contribution in [2.45, 2.75) is 12.8 Å². The summed E-state index contributed by atoms with van der Waals surface area (Å²) in [6, 6.07) is 11.7. The van der Waals surface area contributed by atoms with Gasteiger partial charge in [-0.15, -0.1) is 0 Å². The highest BCUT2D eigenvalue weighted by Gasteiger charge is 2.16. The molecular weight excluding hydrogens is 398 g/mol. The molecule has 0 bridgehead atoms. The lowest BCUT2D eigenvalue weighted by molar-refractivity contribution is -0.116. The van der Waals surface area contributed by atoms with E-state index in [1.54, 1.807) is 36.4 Å². The van der Waals surface area contributed by atoms with Crippen LogP contribution in [0.15, 0.2) is 47.0 Å². The van der Waals surface area contributed by atoms with Gasteiger partial charge in [-0.3, -0.25) is 4.79 Å². The molecule has 1 N–H and O–H groups in total. The van der Waals surface area contributed by atoms with Crippen LogP contribution in [0.1, 0.15) is 22.7 Å². The third-order valence-corrected chi connectivity index (χ3v) is 4.29. The fourth-order valence-electron chi connectivity index (χ4n) is 2.54. The molecule has 8 nitrogen and oxygen atoms in total. The van der Waals surface area contributed by atoms with Crippen LogP contribution in [0.4, 0.5) is 5.69 Å². The molecule has 0 aliphatic rings. The van der Waals surface area contributed by atoms with Gasteiger partial charge in [0.25, 0.3) is 0 Å². The van der Waals surface area contributed by atoms with Gasteiger partial charge in [-0.1, -0.05) is 16.8 Å². The molecule has 0 atom stereocenters. The second kappa shape index (κ2) is 9.20. The third-order valence-electron chi connectivity index (χ3n) is 4.04. The molecule has 0 aliphatic heterocycles. The number of nitrogens with one attached hydrogen (secondary N) is 1. The van der Waals surface area contributed by atoms with Crippen molar-refractivity contribution in [3.05, 3.63) is 58.9 Å². The van der Waals surface area contributed by atoms with Gasteiger partial charge in [0.05, 0.1) is 25.5 Å². The van der Waals surface area contributed by atoms with Crippen molar-refractivity contribution in [1.29, 1.82) is 0 Å². The topological polar surface area (TPSA) is 104 Å². The van der Waals surface area contributed by atoms with E-state index >= 15 is 0 Å². The summed E-state index contributed by atoms with van der Waals surface area (Å²) >= 11 is 5.87. The molecule has 0 saturated carbocycles. The largest absolute Gasteiger partial charge is 0.497 e. The quantitative estimate of drug-likeness (QED) is 0.586. The van der Waals surface area contributed by atoms with E-state index in [-0.39, 0.29) is 24.3 Å². The molecular formula is C20H18ClN3O5. The SMILES string of the molecule is COC(=O)c1cc(OC)ccc1NC(=O)CCc1nc(-c2ccc(Cl)cc2)no1. The maximum absolute atomic E-state index is 12.3. The minimum absolute atomic E-state index is 0.0922. The van der Waals surface area contributed by atoms with Crippen LogP contribution in [-0.4, -0.2) is 36.2 Å². The maximum Gasteiger partial charge on any atom is 0.340 e. The number of ether oxygens (including phenoxy) is 2. The van der Waals surface area contributed by atoms with Crippen molar-refractivity contribution in [3.8, 4) is 17.1 Å². The number of carbonyl (C=O) groups excluding carboxylic acids is 2. The number of amides is 1. The molecule has 9 heteroatoms. The van der Waals surface area contributed by atoms with E-state index in [0.29, 0.717) is 28.2 Å². The van der Waals surface area contributed by atoms with Crippen LogP contribution < -0.4 is 10.1 Å². The molecule has 29 heavy (non-hydrogen) atoms. The van der Waals surface area contributed by atoms with Crippen LogP contribution in [0.2, 0.25) is 5.02 Å². The Morgan fingerprint density at radius 1 is 1.14 bits per heavy atom. The van der Waals surface area contributed by atoms with Crippen LogP contribution in [0, 0.1) is 0 Å². The maximum atomic E-state index is 12.3. The van der Waals surface area contributed by atoms with Crippen LogP contribution in [0.5, 0.6) is 5.75 Å². The number of nitrogens with zero attached hydrogens (tertiary/aromatic N) is 2. The number of aromatic nitrogens is 2. The summed E-state index contributed by atoms with van der Waals surface area (Å²) in [4.78, 5) is 28.5. The predicted octanol–water partition coefficient (Wildman–Crippen LogP) is 3.76. The number of benzene rings is 2. The van der Waals surface area contributed by atoms with Gasteiger partial charge in [-0.05, 0) is 42.5 Å². The Hall–Kier alpha value is -3.39. The van der Waals surface area contributed by atoms with Crippen LogP contribution in [-0.2, 0) is 16.0 Å². The van der Waals surface area contributed by atoms with Gasteiger partial charge in [0, 0.05) is 23.4 Å². The lowest BCUT2D eigenvalue weighted by Gasteiger charge is -2.11. The molecule has 3 aromatic rings. The molecule has 3 rings (SSSR count). The highest BCUT2D eigenvalue weighted by Crippen LogP contribution is 2.23. The number of anilines is 1. The van der Waals surface area contributed by atoms with Gasteiger partial charge < -0.3 is 19.3 Å². The fraction of sp³-hybridized carbons (Fsp3) is 0.200. The monoisotopic (exact) mass is 415 g/mol. The smallest absolute Gasteiger partial charge is 0.340 e. The minimum atomic E-state index is -0.580. The summed E-state index contributed by atoms with van der Waals surface area (Å²) in [5, 5.41) is 7.21. The van der Waals surface area contributed by atoms with Gasteiger partial charge >= 0.3 is 5.97 Å². The molecule has 0 radical (unpaired) electrons. The molecule has 1 amide bonds. The molecule has 0 fully saturated rings. The number of hydrogen-bond donors (Lipinski definition) is 1. The summed E-state index contributed by atoms with van der Waals surface area (Å²) in [7, 11) is 2.75. The molecule has 0 saturated heterocycles. The Morgan fingerprint density at radius 2 is 1.90 bits per heavy atom. The number of rotatable bonds is 7. The zero-order valence-electron chi connectivity index (χ0n) is 15.8. The number of halogens is 1. The summed E-state index contributed by atoms with van der Waals surface area (Å²) < 4.78 is 15.1. The van der Waals surface area contributed by atoms with Gasteiger partial charge in [-0.2, -0.15) is 4.98 Å². The molecule has 150 valence electrons. The number of methoxy groups -OCH3 is 2. The Labute approximate surface area is 171 Å². The lowest BCUT2D eigenvalue weighted by Crippen LogP contribution is -2.16. The number of hydrogen-bond acceptors (Lipinski definition) is 7. The van der Waals surface area contributed by atoms with Crippen molar-refractivity contribution in [1.82, 2.24) is 10.1 Å². The van der Waals surface area contributed by atoms with E-state index in [1.165, 1.54) is 20.3 Å². The predicted molar refractivity (Wildman–Crippen MR) is 106 cm³/mol. The van der Waals surface area contributed by atoms with E-state index in [9.17, 15) is 9.59 Å². The Bertz CT molecular complexity index is 1020. The van der Waals surface area contributed by atoms with Gasteiger partial charge in [0.2, 0.25) is 17.6 Å². The number of aryl methyl sites for hydroxylation is 1. The fourth-order valence-corrected chi connectivity index (χ4v) is 2.67. The first kappa shape index (κ1) is 20.3. The normalized spacial score (nSPS) is 10.4. The van der Waals surface area contributed by atoms with Crippen molar-refractivity contribution in [2.24, 2.45) is 0 Å². The lowest BCUT2D eigenvalue weighted by atomic mass is 10.1. The van der Waals surface area contributed by atoms with E-state index in [2.05, 4.69) is 15.5 Å². The van der Waals surface area contributed by atoms with Crippen molar-refractivity contribution in [2.75, 3.05) is 19.5 Å². The third kappa shape index (κ3) is 5.11. The first-order valence-corrected chi connectivity index (χ1v) is 9.02. The van der Waals surface area contributed by atoms with Crippen LogP contribution >= 0.6 is 11.6 Å². The van der Waals surface area contributed by atoms with Gasteiger partial charge in [0.1, 0.15) is 5.75 Å². The molecule has 1 aromatic heterocycles. The van der Waals surface area contributed by atoms with Crippen LogP contribution in [0.25, 0.3) is 11.4 Å². The molecule has 0 spiro atoms. The average Bonchev–Trinajstić information content (AvgIpc) is 3.21. The standard InChI is InChI=1S/C20H18ClN3O5/c1-27-14-7-8-16(15(11-14)20(26)28-2)22-17(25)9-10-18-23-19(24-29-18)12-3-5-13(21)6-4-12/h3-8,11H,9-10H2,1-2H3,(H,22,25). The van der Waals surface area contributed by atoms with Crippen molar-refractivity contribution in [3.63, 3.8) is 0 Å². The van der Waals surface area contributed by atoms with E-state index in [1.807, 2.05) is 0 Å². The zero-order valence-corrected chi connectivity index (χ0v) is 16.5. The van der Waals surface area contributed by atoms with E-state index in [0.717, 1.165) is 5.56 Å². The van der Waals surface area contributed by atoms with Crippen molar-refractivity contribution < 1.29 is 23.6 Å². The second-order valence-electron chi connectivity index (χ2n) is 5.97. The second-order valence-corrected chi connectivity index (χ2v) is 6.41. The Kier molecular flexibility index (Phi) is 6.46. The molecule has 0 unspecified atom stereocenters. The van der Waals surface area contributed by atoms with Crippen molar-refractivity contribution >= 4 is 29.2 Å². The Balaban J connectivity index is 1.63. The highest BCUT2D eigenvalue weighted by atomic mass is 35.5. The number of esters is 1. The average molecular weight is 416 g/mol. The Morgan fingerprint density at radius 3 is 2.59 bits per heavy atom. The van der Waals surface area contributed by atoms with Gasteiger partial charge in [0.15, 0.2) is 0 Å². The molecule has 0 aliphatic carbocycles. The summed E-state index contributed by atoms with van der Waals surface area (Å²) in [5.41, 5.74) is 1.29. The summed E-state index contributed by atoms with van der Waals surface area (Å²) in [6.07, 6.45) is 0.338. The van der Waals surface area contributed by atoms with Crippen LogP contribution in [0.3, 0.4) is 0 Å². The zero-order chi connectivity index (χ0) is 20.8.